The van der Waals surface area contributed by atoms with Crippen LogP contribution in [0, 0.1) is 0 Å². The molecule has 3 heteroatoms. The van der Waals surface area contributed by atoms with Crippen LogP contribution in [0.2, 0.25) is 0 Å². The molecule has 90 valence electrons. The monoisotopic (exact) mass is 301 g/mol. The summed E-state index contributed by atoms with van der Waals surface area (Å²) in [5.74, 6) is 2.48. The second-order valence-corrected chi connectivity index (χ2v) is 6.00. The molecule has 0 bridgehead atoms. The number of hydrogen-bond acceptors (Lipinski definition) is 2. The Morgan fingerprint density at radius 1 is 1.38 bits per heavy atom. The van der Waals surface area contributed by atoms with Gasteiger partial charge in [0.25, 0.3) is 0 Å². The summed E-state index contributed by atoms with van der Waals surface area (Å²) in [5, 5.41) is 3.56. The molecule has 0 aliphatic carbocycles. The summed E-state index contributed by atoms with van der Waals surface area (Å²) in [6.45, 7) is 5.52. The van der Waals surface area contributed by atoms with Gasteiger partial charge in [0.2, 0.25) is 0 Å². The highest BCUT2D eigenvalue weighted by Crippen LogP contribution is 2.22. The molecule has 0 aromatic heterocycles. The van der Waals surface area contributed by atoms with Crippen molar-refractivity contribution in [2.45, 2.75) is 26.3 Å². The predicted molar refractivity (Wildman–Crippen MR) is 78.2 cm³/mol. The first-order chi connectivity index (χ1) is 7.75. The highest BCUT2D eigenvalue weighted by Gasteiger charge is 2.06. The minimum atomic E-state index is 0.419. The molecule has 0 heterocycles. The van der Waals surface area contributed by atoms with E-state index in [1.54, 1.807) is 0 Å². The van der Waals surface area contributed by atoms with Crippen molar-refractivity contribution in [1.82, 2.24) is 5.32 Å². The number of halogens is 1. The molecule has 0 fully saturated rings. The maximum atomic E-state index is 3.59. The highest BCUT2D eigenvalue weighted by atomic mass is 79.9. The largest absolute Gasteiger partial charge is 0.310 e. The van der Waals surface area contributed by atoms with Gasteiger partial charge in [0.15, 0.2) is 0 Å². The van der Waals surface area contributed by atoms with Gasteiger partial charge in [0, 0.05) is 10.5 Å². The molecule has 0 saturated carbocycles. The minimum Gasteiger partial charge on any atom is -0.310 e. The van der Waals surface area contributed by atoms with Crippen LogP contribution in [-0.4, -0.2) is 18.1 Å². The van der Waals surface area contributed by atoms with Crippen LogP contribution in [0.5, 0.6) is 0 Å². The van der Waals surface area contributed by atoms with Crippen molar-refractivity contribution >= 4 is 27.7 Å². The summed E-state index contributed by atoms with van der Waals surface area (Å²) in [6, 6.07) is 8.83. The third-order valence-electron chi connectivity index (χ3n) is 2.49. The molecule has 1 aromatic rings. The zero-order chi connectivity index (χ0) is 11.8. The Hall–Kier alpha value is 0.01000. The van der Waals surface area contributed by atoms with Gasteiger partial charge in [0.1, 0.15) is 0 Å². The van der Waals surface area contributed by atoms with E-state index < -0.39 is 0 Å². The topological polar surface area (TPSA) is 12.0 Å². The van der Waals surface area contributed by atoms with Crippen LogP contribution in [0.1, 0.15) is 31.9 Å². The quantitative estimate of drug-likeness (QED) is 0.756. The van der Waals surface area contributed by atoms with Crippen LogP contribution in [0.3, 0.4) is 0 Å². The maximum Gasteiger partial charge on any atom is 0.0302 e. The molecule has 0 aliphatic rings. The molecule has 0 saturated heterocycles. The van der Waals surface area contributed by atoms with Crippen molar-refractivity contribution in [2.75, 3.05) is 18.1 Å². The van der Waals surface area contributed by atoms with Crippen molar-refractivity contribution in [2.24, 2.45) is 0 Å². The van der Waals surface area contributed by atoms with E-state index in [0.29, 0.717) is 6.04 Å². The lowest BCUT2D eigenvalue weighted by atomic mass is 10.1. The van der Waals surface area contributed by atoms with Gasteiger partial charge in [-0.25, -0.2) is 0 Å². The molecule has 0 amide bonds. The van der Waals surface area contributed by atoms with E-state index in [2.05, 4.69) is 59.4 Å². The Balaban J connectivity index is 2.30. The lowest BCUT2D eigenvalue weighted by Crippen LogP contribution is -2.20. The molecule has 1 N–H and O–H groups in total. The van der Waals surface area contributed by atoms with Gasteiger partial charge < -0.3 is 5.32 Å². The smallest absolute Gasteiger partial charge is 0.0302 e. The SMILES string of the molecule is CCSCCCN[C@@H](C)c1ccccc1Br. The zero-order valence-electron chi connectivity index (χ0n) is 10.0. The minimum absolute atomic E-state index is 0.419. The Kier molecular flexibility index (Phi) is 7.17. The lowest BCUT2D eigenvalue weighted by Gasteiger charge is -2.15. The number of hydrogen-bond donors (Lipinski definition) is 1. The Morgan fingerprint density at radius 2 is 2.12 bits per heavy atom. The fourth-order valence-corrected chi connectivity index (χ4v) is 2.84. The fourth-order valence-electron chi connectivity index (χ4n) is 1.57. The van der Waals surface area contributed by atoms with Crippen molar-refractivity contribution in [1.29, 1.82) is 0 Å². The van der Waals surface area contributed by atoms with Gasteiger partial charge in [-0.2, -0.15) is 11.8 Å². The Bertz CT molecular complexity index is 304. The van der Waals surface area contributed by atoms with Gasteiger partial charge in [-0.3, -0.25) is 0 Å². The van der Waals surface area contributed by atoms with Crippen molar-refractivity contribution in [3.63, 3.8) is 0 Å². The molecule has 1 nitrogen and oxygen atoms in total. The van der Waals surface area contributed by atoms with Crippen LogP contribution in [0.15, 0.2) is 28.7 Å². The van der Waals surface area contributed by atoms with E-state index >= 15 is 0 Å². The van der Waals surface area contributed by atoms with Gasteiger partial charge in [-0.15, -0.1) is 0 Å². The van der Waals surface area contributed by atoms with Crippen LogP contribution in [0.25, 0.3) is 0 Å². The average molecular weight is 302 g/mol. The standard InChI is InChI=1S/C13H20BrNS/c1-3-16-10-6-9-15-11(2)12-7-4-5-8-13(12)14/h4-5,7-8,11,15H,3,6,9-10H2,1-2H3/t11-/m0/s1. The summed E-state index contributed by atoms with van der Waals surface area (Å²) in [7, 11) is 0. The van der Waals surface area contributed by atoms with Crippen LogP contribution >= 0.6 is 27.7 Å². The Labute approximate surface area is 112 Å². The first-order valence-corrected chi connectivity index (χ1v) is 7.76. The second kappa shape index (κ2) is 8.15. The van der Waals surface area contributed by atoms with Gasteiger partial charge in [-0.1, -0.05) is 41.1 Å². The van der Waals surface area contributed by atoms with E-state index in [1.165, 1.54) is 28.0 Å². The van der Waals surface area contributed by atoms with Crippen LogP contribution < -0.4 is 5.32 Å². The van der Waals surface area contributed by atoms with Gasteiger partial charge in [0.05, 0.1) is 0 Å². The Morgan fingerprint density at radius 3 is 2.81 bits per heavy atom. The lowest BCUT2D eigenvalue weighted by molar-refractivity contribution is 0.571. The third-order valence-corrected chi connectivity index (χ3v) is 4.20. The van der Waals surface area contributed by atoms with Crippen molar-refractivity contribution in [3.05, 3.63) is 34.3 Å². The van der Waals surface area contributed by atoms with E-state index in [-0.39, 0.29) is 0 Å². The summed E-state index contributed by atoms with van der Waals surface area (Å²) in [4.78, 5) is 0. The van der Waals surface area contributed by atoms with E-state index in [9.17, 15) is 0 Å². The number of rotatable bonds is 7. The molecule has 0 spiro atoms. The number of nitrogens with one attached hydrogen (secondary N) is 1. The first kappa shape index (κ1) is 14.1. The summed E-state index contributed by atoms with van der Waals surface area (Å²) in [5.41, 5.74) is 1.34. The molecular formula is C13H20BrNS. The second-order valence-electron chi connectivity index (χ2n) is 3.75. The zero-order valence-corrected chi connectivity index (χ0v) is 12.4. The third kappa shape index (κ3) is 4.89. The van der Waals surface area contributed by atoms with Crippen molar-refractivity contribution < 1.29 is 0 Å². The predicted octanol–water partition coefficient (Wildman–Crippen LogP) is 4.24. The summed E-state index contributed by atoms with van der Waals surface area (Å²) >= 11 is 5.60. The molecule has 1 atom stereocenters. The maximum absolute atomic E-state index is 3.59. The highest BCUT2D eigenvalue weighted by molar-refractivity contribution is 9.10. The number of benzene rings is 1. The van der Waals surface area contributed by atoms with Crippen LogP contribution in [0.4, 0.5) is 0 Å². The first-order valence-electron chi connectivity index (χ1n) is 5.81. The number of thioether (sulfide) groups is 1. The fraction of sp³-hybridized carbons (Fsp3) is 0.538. The molecule has 16 heavy (non-hydrogen) atoms. The van der Waals surface area contributed by atoms with Gasteiger partial charge >= 0.3 is 0 Å². The summed E-state index contributed by atoms with van der Waals surface area (Å²) in [6.07, 6.45) is 1.24. The van der Waals surface area contributed by atoms with Gasteiger partial charge in [-0.05, 0) is 43.0 Å². The van der Waals surface area contributed by atoms with Crippen molar-refractivity contribution in [3.8, 4) is 0 Å². The normalized spacial score (nSPS) is 12.7. The molecule has 0 unspecified atom stereocenters. The molecular weight excluding hydrogens is 282 g/mol. The van der Waals surface area contributed by atoms with Crippen LogP contribution in [-0.2, 0) is 0 Å². The molecule has 0 radical (unpaired) electrons. The molecule has 1 aromatic carbocycles. The van der Waals surface area contributed by atoms with E-state index in [1.807, 2.05) is 11.8 Å². The van der Waals surface area contributed by atoms with E-state index in [0.717, 1.165) is 6.54 Å². The average Bonchev–Trinajstić information content (AvgIpc) is 2.29. The summed E-state index contributed by atoms with van der Waals surface area (Å²) < 4.78 is 1.19. The molecule has 0 aliphatic heterocycles. The van der Waals surface area contributed by atoms with E-state index in [4.69, 9.17) is 0 Å². The molecule has 1 rings (SSSR count).